The fourth-order valence-electron chi connectivity index (χ4n) is 3.67. The molecule has 3 aromatic heterocycles. The van der Waals surface area contributed by atoms with Crippen LogP contribution in [0.1, 0.15) is 60.5 Å². The Bertz CT molecular complexity index is 935. The maximum atomic E-state index is 12.9. The molecule has 1 amide bonds. The molecule has 6 nitrogen and oxygen atoms in total. The van der Waals surface area contributed by atoms with Crippen LogP contribution in [0.2, 0.25) is 0 Å². The molecule has 0 unspecified atom stereocenters. The van der Waals surface area contributed by atoms with Gasteiger partial charge < -0.3 is 4.90 Å². The Kier molecular flexibility index (Phi) is 4.71. The second kappa shape index (κ2) is 7.31. The third kappa shape index (κ3) is 3.35. The molecule has 6 heteroatoms. The van der Waals surface area contributed by atoms with Gasteiger partial charge in [0.2, 0.25) is 0 Å². The second-order valence-corrected chi connectivity index (χ2v) is 7.13. The highest BCUT2D eigenvalue weighted by Crippen LogP contribution is 2.32. The van der Waals surface area contributed by atoms with E-state index in [1.54, 1.807) is 24.7 Å². The first-order valence-electron chi connectivity index (χ1n) is 9.36. The van der Waals surface area contributed by atoms with Gasteiger partial charge in [-0.1, -0.05) is 19.9 Å². The summed E-state index contributed by atoms with van der Waals surface area (Å²) in [5, 5.41) is 0. The van der Waals surface area contributed by atoms with E-state index in [2.05, 4.69) is 23.8 Å². The first kappa shape index (κ1) is 17.4. The highest BCUT2D eigenvalue weighted by molar-refractivity contribution is 5.94. The van der Waals surface area contributed by atoms with Crippen molar-refractivity contribution in [2.24, 2.45) is 0 Å². The number of carbonyl (C=O) groups excluding carboxylic acids is 1. The average molecular weight is 361 g/mol. The average Bonchev–Trinajstić information content (AvgIpc) is 3.38. The summed E-state index contributed by atoms with van der Waals surface area (Å²) in [4.78, 5) is 28.3. The summed E-state index contributed by atoms with van der Waals surface area (Å²) < 4.78 is 2.02. The molecule has 1 aliphatic rings. The maximum absolute atomic E-state index is 12.9. The van der Waals surface area contributed by atoms with E-state index in [1.165, 1.54) is 0 Å². The molecule has 0 aromatic carbocycles. The van der Waals surface area contributed by atoms with E-state index < -0.39 is 0 Å². The van der Waals surface area contributed by atoms with Crippen LogP contribution >= 0.6 is 0 Å². The monoisotopic (exact) mass is 361 g/mol. The van der Waals surface area contributed by atoms with Gasteiger partial charge in [-0.3, -0.25) is 14.3 Å². The largest absolute Gasteiger partial charge is 0.330 e. The molecule has 0 radical (unpaired) electrons. The topological polar surface area (TPSA) is 63.9 Å². The van der Waals surface area contributed by atoms with E-state index >= 15 is 0 Å². The van der Waals surface area contributed by atoms with Gasteiger partial charge in [-0.15, -0.1) is 0 Å². The lowest BCUT2D eigenvalue weighted by molar-refractivity contribution is 0.0732. The number of nitrogens with zero attached hydrogens (tertiary/aromatic N) is 5. The van der Waals surface area contributed by atoms with Gasteiger partial charge in [-0.25, -0.2) is 9.97 Å². The Morgan fingerprint density at radius 3 is 2.85 bits per heavy atom. The van der Waals surface area contributed by atoms with Crippen molar-refractivity contribution in [3.63, 3.8) is 0 Å². The van der Waals surface area contributed by atoms with Crippen LogP contribution in [0.4, 0.5) is 0 Å². The van der Waals surface area contributed by atoms with Crippen LogP contribution in [0.5, 0.6) is 0 Å². The lowest BCUT2D eigenvalue weighted by Crippen LogP contribution is -2.31. The summed E-state index contributed by atoms with van der Waals surface area (Å²) in [6, 6.07) is 9.60. The van der Waals surface area contributed by atoms with Gasteiger partial charge in [-0.2, -0.15) is 0 Å². The molecule has 138 valence electrons. The normalized spacial score (nSPS) is 16.9. The molecule has 0 N–H and O–H groups in total. The summed E-state index contributed by atoms with van der Waals surface area (Å²) in [5.74, 6) is 2.15. The number of aromatic nitrogens is 4. The van der Waals surface area contributed by atoms with Crippen LogP contribution in [-0.4, -0.2) is 36.9 Å². The molecule has 0 bridgehead atoms. The summed E-state index contributed by atoms with van der Waals surface area (Å²) >= 11 is 0. The first-order valence-corrected chi connectivity index (χ1v) is 9.36. The zero-order chi connectivity index (χ0) is 18.8. The number of imidazole rings is 1. The Morgan fingerprint density at radius 1 is 1.19 bits per heavy atom. The third-order valence-corrected chi connectivity index (χ3v) is 4.95. The number of hydrogen-bond acceptors (Lipinski definition) is 4. The van der Waals surface area contributed by atoms with E-state index in [9.17, 15) is 4.79 Å². The van der Waals surface area contributed by atoms with Gasteiger partial charge in [0.15, 0.2) is 0 Å². The van der Waals surface area contributed by atoms with Crippen LogP contribution in [0.25, 0.3) is 5.82 Å². The molecule has 1 aliphatic heterocycles. The van der Waals surface area contributed by atoms with Crippen molar-refractivity contribution in [2.75, 3.05) is 6.54 Å². The third-order valence-electron chi connectivity index (χ3n) is 4.95. The van der Waals surface area contributed by atoms with Crippen LogP contribution in [0, 0.1) is 0 Å². The number of hydrogen-bond donors (Lipinski definition) is 0. The lowest BCUT2D eigenvalue weighted by atomic mass is 10.1. The van der Waals surface area contributed by atoms with Crippen molar-refractivity contribution in [2.45, 2.75) is 38.6 Å². The molecule has 4 heterocycles. The van der Waals surface area contributed by atoms with E-state index in [-0.39, 0.29) is 11.9 Å². The van der Waals surface area contributed by atoms with Crippen LogP contribution in [-0.2, 0) is 0 Å². The minimum Gasteiger partial charge on any atom is -0.330 e. The van der Waals surface area contributed by atoms with Gasteiger partial charge in [0.25, 0.3) is 5.91 Å². The molecule has 0 aliphatic carbocycles. The highest BCUT2D eigenvalue weighted by atomic mass is 16.2. The molecule has 4 rings (SSSR count). The van der Waals surface area contributed by atoms with Gasteiger partial charge in [0, 0.05) is 37.3 Å². The van der Waals surface area contributed by atoms with Crippen LogP contribution < -0.4 is 0 Å². The first-order chi connectivity index (χ1) is 13.1. The number of carbonyl (C=O) groups is 1. The molecule has 1 atom stereocenters. The van der Waals surface area contributed by atoms with Crippen molar-refractivity contribution in [1.29, 1.82) is 0 Å². The van der Waals surface area contributed by atoms with Crippen molar-refractivity contribution in [3.05, 3.63) is 72.2 Å². The van der Waals surface area contributed by atoms with Crippen molar-refractivity contribution >= 4 is 5.91 Å². The Balaban J connectivity index is 1.65. The maximum Gasteiger partial charge on any atom is 0.255 e. The fourth-order valence-corrected chi connectivity index (χ4v) is 3.67. The number of likely N-dealkylation sites (tertiary alicyclic amines) is 1. The number of pyridine rings is 2. The van der Waals surface area contributed by atoms with Crippen molar-refractivity contribution in [1.82, 2.24) is 24.4 Å². The van der Waals surface area contributed by atoms with Crippen LogP contribution in [0.3, 0.4) is 0 Å². The minimum absolute atomic E-state index is 0.0105. The Morgan fingerprint density at radius 2 is 2.07 bits per heavy atom. The van der Waals surface area contributed by atoms with E-state index in [0.717, 1.165) is 36.7 Å². The van der Waals surface area contributed by atoms with E-state index in [4.69, 9.17) is 4.98 Å². The Labute approximate surface area is 158 Å². The van der Waals surface area contributed by atoms with E-state index in [0.29, 0.717) is 11.5 Å². The van der Waals surface area contributed by atoms with Gasteiger partial charge in [0.05, 0.1) is 17.3 Å². The van der Waals surface area contributed by atoms with E-state index in [1.807, 2.05) is 39.9 Å². The van der Waals surface area contributed by atoms with Gasteiger partial charge in [-0.05, 0) is 37.1 Å². The fraction of sp³-hybridized carbons (Fsp3) is 0.333. The SMILES string of the molecule is CC(C)c1nccn1-c1cccc([C@@H]2CCCN2C(=O)c2cccnc2)n1. The zero-order valence-corrected chi connectivity index (χ0v) is 15.6. The molecule has 0 spiro atoms. The molecule has 1 fully saturated rings. The molecular weight excluding hydrogens is 338 g/mol. The van der Waals surface area contributed by atoms with Crippen molar-refractivity contribution < 1.29 is 4.79 Å². The predicted octanol–water partition coefficient (Wildman–Crippen LogP) is 3.76. The predicted molar refractivity (Wildman–Crippen MR) is 103 cm³/mol. The lowest BCUT2D eigenvalue weighted by Gasteiger charge is -2.24. The highest BCUT2D eigenvalue weighted by Gasteiger charge is 2.31. The minimum atomic E-state index is -0.0105. The molecule has 3 aromatic rings. The smallest absolute Gasteiger partial charge is 0.255 e. The molecule has 1 saturated heterocycles. The summed E-state index contributed by atoms with van der Waals surface area (Å²) in [5.41, 5.74) is 1.54. The summed E-state index contributed by atoms with van der Waals surface area (Å²) in [6.45, 7) is 4.98. The second-order valence-electron chi connectivity index (χ2n) is 7.13. The standard InChI is InChI=1S/C21H23N5O/c1-15(2)20-23-11-13-26(20)19-9-3-7-17(24-19)18-8-5-12-25(18)21(27)16-6-4-10-22-14-16/h3-4,6-7,9-11,13-15,18H,5,8,12H2,1-2H3/t18-/m0/s1. The van der Waals surface area contributed by atoms with Gasteiger partial charge >= 0.3 is 0 Å². The summed E-state index contributed by atoms with van der Waals surface area (Å²) in [7, 11) is 0. The zero-order valence-electron chi connectivity index (χ0n) is 15.6. The molecule has 27 heavy (non-hydrogen) atoms. The van der Waals surface area contributed by atoms with Gasteiger partial charge in [0.1, 0.15) is 11.6 Å². The molecular formula is C21H23N5O. The van der Waals surface area contributed by atoms with Crippen LogP contribution in [0.15, 0.2) is 55.1 Å². The summed E-state index contributed by atoms with van der Waals surface area (Å²) in [6.07, 6.45) is 8.95. The quantitative estimate of drug-likeness (QED) is 0.710. The molecule has 0 saturated carbocycles. The number of rotatable bonds is 4. The Hall–Kier alpha value is -3.02. The number of amides is 1. The van der Waals surface area contributed by atoms with Crippen molar-refractivity contribution in [3.8, 4) is 5.82 Å².